The number of nitriles is 1. The molecule has 1 spiro atoms. The standard InChI is InChI=1S/C21H23N3O2/c22-11-18-19(26)9-14-1-2-15(24-12-16(25)13-24)10-17(14)20(18)23-7-5-21(3-4-21)6-8-23/h1-2,10,16,25H,3-9,12-13H2. The number of hydrogen-bond acceptors (Lipinski definition) is 5. The van der Waals surface area contributed by atoms with Crippen molar-refractivity contribution < 1.29 is 9.90 Å². The zero-order valence-corrected chi connectivity index (χ0v) is 14.9. The highest BCUT2D eigenvalue weighted by Gasteiger charge is 2.45. The Labute approximate surface area is 153 Å². The van der Waals surface area contributed by atoms with E-state index in [0.717, 1.165) is 48.4 Å². The maximum atomic E-state index is 12.6. The van der Waals surface area contributed by atoms with Gasteiger partial charge in [0.05, 0.1) is 11.8 Å². The number of ketones is 1. The number of carbonyl (C=O) groups is 1. The minimum Gasteiger partial charge on any atom is -0.389 e. The van der Waals surface area contributed by atoms with Crippen molar-refractivity contribution in [1.29, 1.82) is 5.26 Å². The van der Waals surface area contributed by atoms with Gasteiger partial charge in [0.2, 0.25) is 0 Å². The SMILES string of the molecule is N#CC1=C(N2CCC3(CC2)CC3)c2cc(N3CC(O)C3)ccc2CC1=O. The van der Waals surface area contributed by atoms with E-state index in [2.05, 4.69) is 21.9 Å². The van der Waals surface area contributed by atoms with Crippen LogP contribution in [0.2, 0.25) is 0 Å². The van der Waals surface area contributed by atoms with Crippen molar-refractivity contribution in [3.8, 4) is 6.07 Å². The largest absolute Gasteiger partial charge is 0.389 e. The molecule has 4 aliphatic rings. The zero-order valence-electron chi connectivity index (χ0n) is 14.9. The molecule has 2 aliphatic carbocycles. The van der Waals surface area contributed by atoms with E-state index in [1.807, 2.05) is 12.1 Å². The molecule has 5 nitrogen and oxygen atoms in total. The van der Waals surface area contributed by atoms with Crippen molar-refractivity contribution in [3.63, 3.8) is 0 Å². The summed E-state index contributed by atoms with van der Waals surface area (Å²) in [6, 6.07) is 8.36. The van der Waals surface area contributed by atoms with Gasteiger partial charge in [-0.1, -0.05) is 6.07 Å². The van der Waals surface area contributed by atoms with Gasteiger partial charge < -0.3 is 14.9 Å². The average molecular weight is 349 g/mol. The maximum Gasteiger partial charge on any atom is 0.179 e. The van der Waals surface area contributed by atoms with E-state index in [-0.39, 0.29) is 11.9 Å². The summed E-state index contributed by atoms with van der Waals surface area (Å²) in [6.45, 7) is 3.15. The van der Waals surface area contributed by atoms with Crippen LogP contribution in [0.5, 0.6) is 0 Å². The molecule has 1 aromatic carbocycles. The third-order valence-corrected chi connectivity index (χ3v) is 6.65. The number of aliphatic hydroxyl groups is 1. The molecular weight excluding hydrogens is 326 g/mol. The molecule has 26 heavy (non-hydrogen) atoms. The highest BCUT2D eigenvalue weighted by molar-refractivity contribution is 6.10. The maximum absolute atomic E-state index is 12.6. The van der Waals surface area contributed by atoms with Crippen LogP contribution in [0.15, 0.2) is 23.8 Å². The molecule has 2 heterocycles. The number of likely N-dealkylation sites (tertiary alicyclic amines) is 1. The number of β-amino-alcohol motifs (C(OH)–C–C–N with tert-alkyl or cyclic N) is 1. The first-order valence-corrected chi connectivity index (χ1v) is 9.57. The van der Waals surface area contributed by atoms with Crippen LogP contribution >= 0.6 is 0 Å². The van der Waals surface area contributed by atoms with Crippen LogP contribution in [0.4, 0.5) is 5.69 Å². The van der Waals surface area contributed by atoms with Crippen LogP contribution in [-0.2, 0) is 11.2 Å². The summed E-state index contributed by atoms with van der Waals surface area (Å²) in [5.74, 6) is -0.0613. The number of piperidine rings is 1. The smallest absolute Gasteiger partial charge is 0.179 e. The van der Waals surface area contributed by atoms with Gasteiger partial charge in [-0.3, -0.25) is 4.79 Å². The first-order valence-electron chi connectivity index (χ1n) is 9.57. The van der Waals surface area contributed by atoms with E-state index < -0.39 is 0 Å². The molecule has 2 aliphatic heterocycles. The van der Waals surface area contributed by atoms with Crippen LogP contribution in [0, 0.1) is 16.7 Å². The minimum atomic E-state index is -0.255. The van der Waals surface area contributed by atoms with E-state index >= 15 is 0 Å². The number of fused-ring (bicyclic) bond motifs is 1. The summed E-state index contributed by atoms with van der Waals surface area (Å²) in [5.41, 5.74) is 4.84. The number of nitrogens with zero attached hydrogens (tertiary/aromatic N) is 3. The predicted molar refractivity (Wildman–Crippen MR) is 98.4 cm³/mol. The molecule has 1 saturated carbocycles. The fraction of sp³-hybridized carbons (Fsp3) is 0.524. The topological polar surface area (TPSA) is 67.6 Å². The minimum absolute atomic E-state index is 0.0613. The number of benzene rings is 1. The van der Waals surface area contributed by atoms with Crippen molar-refractivity contribution in [2.75, 3.05) is 31.1 Å². The number of anilines is 1. The number of aliphatic hydroxyl groups excluding tert-OH is 1. The Bertz CT molecular complexity index is 846. The summed E-state index contributed by atoms with van der Waals surface area (Å²) in [5, 5.41) is 19.3. The summed E-state index contributed by atoms with van der Waals surface area (Å²) >= 11 is 0. The van der Waals surface area contributed by atoms with E-state index in [4.69, 9.17) is 0 Å². The molecule has 0 bridgehead atoms. The number of rotatable bonds is 2. The van der Waals surface area contributed by atoms with Crippen LogP contribution < -0.4 is 4.90 Å². The van der Waals surface area contributed by atoms with E-state index in [0.29, 0.717) is 30.5 Å². The fourth-order valence-corrected chi connectivity index (χ4v) is 4.66. The highest BCUT2D eigenvalue weighted by atomic mass is 16.3. The third kappa shape index (κ3) is 2.44. The lowest BCUT2D eigenvalue weighted by Crippen LogP contribution is -2.50. The lowest BCUT2D eigenvalue weighted by atomic mass is 9.85. The fourth-order valence-electron chi connectivity index (χ4n) is 4.66. The molecule has 2 saturated heterocycles. The summed E-state index contributed by atoms with van der Waals surface area (Å²) in [6.07, 6.45) is 5.05. The second-order valence-corrected chi connectivity index (χ2v) is 8.32. The van der Waals surface area contributed by atoms with Gasteiger partial charge in [0.25, 0.3) is 0 Å². The lowest BCUT2D eigenvalue weighted by Gasteiger charge is -2.40. The molecule has 0 amide bonds. The Morgan fingerprint density at radius 1 is 1.12 bits per heavy atom. The van der Waals surface area contributed by atoms with Crippen LogP contribution in [0.1, 0.15) is 36.8 Å². The predicted octanol–water partition coefficient (Wildman–Crippen LogP) is 2.10. The Morgan fingerprint density at radius 3 is 2.46 bits per heavy atom. The molecule has 134 valence electrons. The van der Waals surface area contributed by atoms with Crippen LogP contribution in [0.25, 0.3) is 5.70 Å². The van der Waals surface area contributed by atoms with Gasteiger partial charge in [-0.25, -0.2) is 0 Å². The second kappa shape index (κ2) is 5.59. The Morgan fingerprint density at radius 2 is 1.85 bits per heavy atom. The first-order chi connectivity index (χ1) is 12.6. The lowest BCUT2D eigenvalue weighted by molar-refractivity contribution is -0.114. The van der Waals surface area contributed by atoms with Crippen molar-refractivity contribution >= 4 is 17.2 Å². The zero-order chi connectivity index (χ0) is 17.9. The first kappa shape index (κ1) is 15.9. The quantitative estimate of drug-likeness (QED) is 0.886. The Hall–Kier alpha value is -2.32. The van der Waals surface area contributed by atoms with Gasteiger partial charge in [-0.2, -0.15) is 5.26 Å². The van der Waals surface area contributed by atoms with Gasteiger partial charge in [0, 0.05) is 43.9 Å². The normalized spacial score (nSPS) is 24.4. The molecule has 3 fully saturated rings. The molecule has 0 unspecified atom stereocenters. The average Bonchev–Trinajstić information content (AvgIpc) is 3.37. The second-order valence-electron chi connectivity index (χ2n) is 8.32. The number of carbonyl (C=O) groups excluding carboxylic acids is 1. The molecule has 5 heteroatoms. The highest BCUT2D eigenvalue weighted by Crippen LogP contribution is 2.54. The molecule has 0 aromatic heterocycles. The summed E-state index contributed by atoms with van der Waals surface area (Å²) in [7, 11) is 0. The monoisotopic (exact) mass is 349 g/mol. The number of Topliss-reactive ketones (excluding diaryl/α,β-unsaturated/α-hetero) is 1. The summed E-state index contributed by atoms with van der Waals surface area (Å²) < 4.78 is 0. The van der Waals surface area contributed by atoms with Crippen molar-refractivity contribution in [2.24, 2.45) is 5.41 Å². The molecule has 5 rings (SSSR count). The van der Waals surface area contributed by atoms with Crippen LogP contribution in [-0.4, -0.2) is 48.1 Å². The number of hydrogen-bond donors (Lipinski definition) is 1. The van der Waals surface area contributed by atoms with Crippen molar-refractivity contribution in [2.45, 2.75) is 38.2 Å². The third-order valence-electron chi connectivity index (χ3n) is 6.65. The molecular formula is C21H23N3O2. The van der Waals surface area contributed by atoms with Gasteiger partial charge >= 0.3 is 0 Å². The molecule has 1 aromatic rings. The van der Waals surface area contributed by atoms with E-state index in [9.17, 15) is 15.2 Å². The van der Waals surface area contributed by atoms with Crippen molar-refractivity contribution in [3.05, 3.63) is 34.9 Å². The van der Waals surface area contributed by atoms with Crippen LogP contribution in [0.3, 0.4) is 0 Å². The van der Waals surface area contributed by atoms with E-state index in [1.165, 1.54) is 12.8 Å². The Kier molecular flexibility index (Phi) is 3.42. The van der Waals surface area contributed by atoms with Crippen molar-refractivity contribution in [1.82, 2.24) is 4.90 Å². The van der Waals surface area contributed by atoms with Gasteiger partial charge in [0.15, 0.2) is 5.78 Å². The number of allylic oxidation sites excluding steroid dienone is 1. The summed E-state index contributed by atoms with van der Waals surface area (Å²) in [4.78, 5) is 17.0. The van der Waals surface area contributed by atoms with Gasteiger partial charge in [-0.05, 0) is 48.8 Å². The molecule has 1 N–H and O–H groups in total. The van der Waals surface area contributed by atoms with Gasteiger partial charge in [0.1, 0.15) is 11.6 Å². The van der Waals surface area contributed by atoms with Gasteiger partial charge in [-0.15, -0.1) is 0 Å². The Balaban J connectivity index is 1.53. The van der Waals surface area contributed by atoms with E-state index in [1.54, 1.807) is 0 Å². The molecule has 0 radical (unpaired) electrons. The molecule has 0 atom stereocenters.